The molecule has 3 aromatic rings. The van der Waals surface area contributed by atoms with Gasteiger partial charge in [-0.25, -0.2) is 18.4 Å². The summed E-state index contributed by atoms with van der Waals surface area (Å²) < 4.78 is 26.1. The summed E-state index contributed by atoms with van der Waals surface area (Å²) >= 11 is 0. The number of rotatable bonds is 5. The summed E-state index contributed by atoms with van der Waals surface area (Å²) in [6.45, 7) is -0.00979. The van der Waals surface area contributed by atoms with Gasteiger partial charge in [0, 0.05) is 30.1 Å². The molecule has 1 amide bonds. The van der Waals surface area contributed by atoms with Crippen LogP contribution in [-0.2, 0) is 21.2 Å². The Labute approximate surface area is 180 Å². The fourth-order valence-corrected chi connectivity index (χ4v) is 4.31. The van der Waals surface area contributed by atoms with E-state index >= 15 is 0 Å². The average Bonchev–Trinajstić information content (AvgIpc) is 2.89. The fourth-order valence-electron chi connectivity index (χ4n) is 3.23. The zero-order valence-electron chi connectivity index (χ0n) is 16.7. The molecule has 0 fully saturated rings. The Hall–Kier alpha value is -3.74. The third-order valence-electron chi connectivity index (χ3n) is 4.80. The fraction of sp³-hybridized carbons (Fsp3) is 0.136. The van der Waals surface area contributed by atoms with Crippen LogP contribution < -0.4 is 10.6 Å². The molecule has 2 heterocycles. The molecule has 1 aliphatic heterocycles. The number of terminal acetylenes is 1. The van der Waals surface area contributed by atoms with Gasteiger partial charge >= 0.3 is 0 Å². The maximum atomic E-state index is 12.5. The van der Waals surface area contributed by atoms with Gasteiger partial charge in [0.25, 0.3) is 0 Å². The summed E-state index contributed by atoms with van der Waals surface area (Å²) in [6.07, 6.45) is 7.01. The number of nitrogens with zero attached hydrogens (tertiary/aromatic N) is 3. The van der Waals surface area contributed by atoms with Crippen LogP contribution >= 0.6 is 0 Å². The molecule has 0 atom stereocenters. The molecule has 0 spiro atoms. The Morgan fingerprint density at radius 3 is 2.68 bits per heavy atom. The second kappa shape index (κ2) is 8.18. The van der Waals surface area contributed by atoms with E-state index in [-0.39, 0.29) is 23.8 Å². The summed E-state index contributed by atoms with van der Waals surface area (Å²) in [7, 11) is -2.22. The van der Waals surface area contributed by atoms with Crippen molar-refractivity contribution >= 4 is 33.3 Å². The number of hydrogen-bond donors (Lipinski definition) is 2. The molecule has 8 nitrogen and oxygen atoms in total. The molecule has 31 heavy (non-hydrogen) atoms. The van der Waals surface area contributed by atoms with Gasteiger partial charge in [-0.2, -0.15) is 4.31 Å². The van der Waals surface area contributed by atoms with Gasteiger partial charge in [0.15, 0.2) is 0 Å². The van der Waals surface area contributed by atoms with Gasteiger partial charge in [-0.1, -0.05) is 24.1 Å². The molecule has 0 radical (unpaired) electrons. The standard InChI is InChI=1S/C22H19N5O3S/c1-3-12-27(2)31(29,30)17-10-8-16(9-11-17)24-22-23-14-15-13-20(28)25-19-7-5-4-6-18(19)21(15)26-22/h1,4-11,14H,12-13H2,2H3,(H,25,28)(H,23,24,26). The van der Waals surface area contributed by atoms with Crippen molar-refractivity contribution in [3.63, 3.8) is 0 Å². The van der Waals surface area contributed by atoms with Crippen molar-refractivity contribution in [2.24, 2.45) is 0 Å². The lowest BCUT2D eigenvalue weighted by atomic mass is 10.1. The van der Waals surface area contributed by atoms with Gasteiger partial charge in [0.2, 0.25) is 21.9 Å². The number of sulfonamides is 1. The lowest BCUT2D eigenvalue weighted by Crippen LogP contribution is -2.27. The van der Waals surface area contributed by atoms with E-state index in [1.165, 1.54) is 19.2 Å². The zero-order chi connectivity index (χ0) is 22.0. The average molecular weight is 433 g/mol. The number of amides is 1. The van der Waals surface area contributed by atoms with Crippen LogP contribution in [0.3, 0.4) is 0 Å². The van der Waals surface area contributed by atoms with Crippen LogP contribution in [0.4, 0.5) is 17.3 Å². The molecule has 2 aromatic carbocycles. The lowest BCUT2D eigenvalue weighted by Gasteiger charge is -2.15. The predicted molar refractivity (Wildman–Crippen MR) is 118 cm³/mol. The SMILES string of the molecule is C#CCN(C)S(=O)(=O)c1ccc(Nc2ncc3c(n2)-c2ccccc2NC(=O)C3)cc1. The topological polar surface area (TPSA) is 104 Å². The van der Waals surface area contributed by atoms with Crippen molar-refractivity contribution in [3.8, 4) is 23.6 Å². The van der Waals surface area contributed by atoms with Crippen molar-refractivity contribution in [2.75, 3.05) is 24.2 Å². The van der Waals surface area contributed by atoms with E-state index < -0.39 is 10.0 Å². The predicted octanol–water partition coefficient (Wildman–Crippen LogP) is 2.64. The lowest BCUT2D eigenvalue weighted by molar-refractivity contribution is -0.115. The zero-order valence-corrected chi connectivity index (χ0v) is 17.5. The number of benzene rings is 2. The normalized spacial score (nSPS) is 12.9. The first-order valence-electron chi connectivity index (χ1n) is 9.40. The number of para-hydroxylation sites is 1. The maximum absolute atomic E-state index is 12.5. The minimum atomic E-state index is -3.65. The number of aromatic nitrogens is 2. The Morgan fingerprint density at radius 2 is 1.94 bits per heavy atom. The summed E-state index contributed by atoms with van der Waals surface area (Å²) in [5.74, 6) is 2.53. The van der Waals surface area contributed by atoms with Crippen LogP contribution in [0.1, 0.15) is 5.56 Å². The van der Waals surface area contributed by atoms with Gasteiger partial charge in [0.1, 0.15) is 0 Å². The van der Waals surface area contributed by atoms with Crippen molar-refractivity contribution in [1.82, 2.24) is 14.3 Å². The van der Waals surface area contributed by atoms with E-state index in [2.05, 4.69) is 26.5 Å². The second-order valence-corrected chi connectivity index (χ2v) is 9.00. The summed E-state index contributed by atoms with van der Waals surface area (Å²) in [5, 5.41) is 5.96. The monoisotopic (exact) mass is 433 g/mol. The smallest absolute Gasteiger partial charge is 0.243 e. The number of anilines is 3. The molecule has 1 aliphatic rings. The molecular formula is C22H19N5O3S. The first kappa shape index (κ1) is 20.5. The molecule has 156 valence electrons. The molecule has 0 bridgehead atoms. The van der Waals surface area contributed by atoms with Crippen LogP contribution in [0.25, 0.3) is 11.3 Å². The molecule has 1 aromatic heterocycles. The van der Waals surface area contributed by atoms with Crippen LogP contribution in [-0.4, -0.2) is 42.2 Å². The number of carbonyl (C=O) groups excluding carboxylic acids is 1. The van der Waals surface area contributed by atoms with Crippen LogP contribution in [0.2, 0.25) is 0 Å². The van der Waals surface area contributed by atoms with Crippen LogP contribution in [0.15, 0.2) is 59.6 Å². The first-order chi connectivity index (χ1) is 14.9. The quantitative estimate of drug-likeness (QED) is 0.600. The van der Waals surface area contributed by atoms with Gasteiger partial charge in [0.05, 0.1) is 29.2 Å². The highest BCUT2D eigenvalue weighted by atomic mass is 32.2. The highest BCUT2D eigenvalue weighted by Crippen LogP contribution is 2.32. The minimum absolute atomic E-state index is 0.00979. The number of carbonyl (C=O) groups is 1. The number of nitrogens with one attached hydrogen (secondary N) is 2. The van der Waals surface area contributed by atoms with Gasteiger partial charge in [-0.15, -0.1) is 6.42 Å². The maximum Gasteiger partial charge on any atom is 0.243 e. The Bertz CT molecular complexity index is 1300. The Kier molecular flexibility index (Phi) is 5.42. The van der Waals surface area contributed by atoms with Crippen LogP contribution in [0.5, 0.6) is 0 Å². The van der Waals surface area contributed by atoms with Crippen LogP contribution in [0, 0.1) is 12.3 Å². The first-order valence-corrected chi connectivity index (χ1v) is 10.8. The number of fused-ring (bicyclic) bond motifs is 3. The molecule has 0 saturated heterocycles. The van der Waals surface area contributed by atoms with Gasteiger partial charge in [-0.3, -0.25) is 4.79 Å². The summed E-state index contributed by atoms with van der Waals surface area (Å²) in [5.41, 5.74) is 3.52. The van der Waals surface area contributed by atoms with E-state index in [4.69, 9.17) is 6.42 Å². The van der Waals surface area contributed by atoms with Gasteiger partial charge < -0.3 is 10.6 Å². The molecule has 4 rings (SSSR count). The third kappa shape index (κ3) is 4.12. The van der Waals surface area contributed by atoms with E-state index in [0.717, 1.165) is 15.4 Å². The van der Waals surface area contributed by atoms with Crippen molar-refractivity contribution in [1.29, 1.82) is 0 Å². The van der Waals surface area contributed by atoms with E-state index in [1.54, 1.807) is 18.3 Å². The highest BCUT2D eigenvalue weighted by molar-refractivity contribution is 7.89. The molecule has 9 heteroatoms. The molecule has 0 unspecified atom stereocenters. The van der Waals surface area contributed by atoms with E-state index in [0.29, 0.717) is 23.0 Å². The molecule has 0 saturated carbocycles. The largest absolute Gasteiger partial charge is 0.325 e. The summed E-state index contributed by atoms with van der Waals surface area (Å²) in [4.78, 5) is 21.2. The highest BCUT2D eigenvalue weighted by Gasteiger charge is 2.21. The van der Waals surface area contributed by atoms with Crippen molar-refractivity contribution in [2.45, 2.75) is 11.3 Å². The van der Waals surface area contributed by atoms with Gasteiger partial charge in [-0.05, 0) is 30.3 Å². The second-order valence-electron chi connectivity index (χ2n) is 6.95. The van der Waals surface area contributed by atoms with E-state index in [1.807, 2.05) is 24.3 Å². The molecule has 2 N–H and O–H groups in total. The molecule has 0 aliphatic carbocycles. The summed E-state index contributed by atoms with van der Waals surface area (Å²) in [6, 6.07) is 13.7. The third-order valence-corrected chi connectivity index (χ3v) is 6.62. The van der Waals surface area contributed by atoms with Crippen molar-refractivity contribution < 1.29 is 13.2 Å². The Balaban J connectivity index is 1.62. The van der Waals surface area contributed by atoms with Crippen molar-refractivity contribution in [3.05, 3.63) is 60.3 Å². The Morgan fingerprint density at radius 1 is 1.19 bits per heavy atom. The molecular weight excluding hydrogens is 414 g/mol. The minimum Gasteiger partial charge on any atom is -0.325 e. The van der Waals surface area contributed by atoms with E-state index in [9.17, 15) is 13.2 Å². The number of hydrogen-bond acceptors (Lipinski definition) is 6.